The molecule has 3 heteroatoms. The molecule has 0 aromatic rings. The number of likely N-dealkylation sites (N-methyl/N-ethyl adjacent to an activating group) is 1. The van der Waals surface area contributed by atoms with Crippen LogP contribution in [0.4, 0.5) is 0 Å². The first kappa shape index (κ1) is 13.9. The second-order valence-corrected chi connectivity index (χ2v) is 4.95. The average Bonchev–Trinajstić information content (AvgIpc) is 2.30. The molecule has 0 aliphatic carbocycles. The summed E-state index contributed by atoms with van der Waals surface area (Å²) in [5.74, 6) is 0. The molecule has 0 aromatic heterocycles. The van der Waals surface area contributed by atoms with Crippen molar-refractivity contribution in [2.75, 3.05) is 26.7 Å². The number of hydrogen-bond donors (Lipinski definition) is 1. The van der Waals surface area contributed by atoms with Gasteiger partial charge in [-0.3, -0.25) is 4.90 Å². The van der Waals surface area contributed by atoms with Gasteiger partial charge in [0.05, 0.1) is 6.10 Å². The molecule has 1 aliphatic rings. The van der Waals surface area contributed by atoms with Crippen LogP contribution in [0.3, 0.4) is 0 Å². The lowest BCUT2D eigenvalue weighted by molar-refractivity contribution is 0.0373. The highest BCUT2D eigenvalue weighted by atomic mass is 16.5. The van der Waals surface area contributed by atoms with Gasteiger partial charge in [-0.1, -0.05) is 13.3 Å². The van der Waals surface area contributed by atoms with Crippen LogP contribution in [0, 0.1) is 0 Å². The Morgan fingerprint density at radius 1 is 1.38 bits per heavy atom. The normalized spacial score (nSPS) is 26.6. The molecule has 0 bridgehead atoms. The Morgan fingerprint density at radius 2 is 2.12 bits per heavy atom. The summed E-state index contributed by atoms with van der Waals surface area (Å²) < 4.78 is 5.38. The summed E-state index contributed by atoms with van der Waals surface area (Å²) in [6.45, 7) is 10.0. The van der Waals surface area contributed by atoms with Crippen LogP contribution in [-0.4, -0.2) is 49.8 Å². The highest BCUT2D eigenvalue weighted by Gasteiger charge is 2.27. The minimum absolute atomic E-state index is 0.342. The van der Waals surface area contributed by atoms with Gasteiger partial charge in [-0.15, -0.1) is 0 Å². The van der Waals surface area contributed by atoms with Crippen LogP contribution in [0.5, 0.6) is 0 Å². The van der Waals surface area contributed by atoms with Crippen molar-refractivity contribution in [3.63, 3.8) is 0 Å². The first-order valence-corrected chi connectivity index (χ1v) is 6.69. The van der Waals surface area contributed by atoms with Crippen LogP contribution in [0.2, 0.25) is 0 Å². The smallest absolute Gasteiger partial charge is 0.0670 e. The monoisotopic (exact) mass is 228 g/mol. The Labute approximate surface area is 101 Å². The lowest BCUT2D eigenvalue weighted by atomic mass is 9.96. The molecule has 0 aromatic carbocycles. The Hall–Kier alpha value is -0.120. The summed E-state index contributed by atoms with van der Waals surface area (Å²) in [6.07, 6.45) is 4.38. The molecule has 1 N–H and O–H groups in total. The largest absolute Gasteiger partial charge is 0.380 e. The molecule has 0 spiro atoms. The summed E-state index contributed by atoms with van der Waals surface area (Å²) in [5.41, 5.74) is 0. The first-order valence-electron chi connectivity index (χ1n) is 6.69. The topological polar surface area (TPSA) is 24.5 Å². The lowest BCUT2D eigenvalue weighted by Gasteiger charge is -2.40. The molecule has 16 heavy (non-hydrogen) atoms. The van der Waals surface area contributed by atoms with Gasteiger partial charge in [0, 0.05) is 25.7 Å². The van der Waals surface area contributed by atoms with Crippen molar-refractivity contribution in [2.45, 2.75) is 58.2 Å². The van der Waals surface area contributed by atoms with E-state index < -0.39 is 0 Å². The Bertz CT molecular complexity index is 187. The van der Waals surface area contributed by atoms with Gasteiger partial charge >= 0.3 is 0 Å². The van der Waals surface area contributed by atoms with E-state index in [0.29, 0.717) is 18.2 Å². The van der Waals surface area contributed by atoms with Gasteiger partial charge in [-0.05, 0) is 39.8 Å². The molecule has 3 unspecified atom stereocenters. The van der Waals surface area contributed by atoms with Gasteiger partial charge in [0.2, 0.25) is 0 Å². The van der Waals surface area contributed by atoms with Crippen molar-refractivity contribution in [3.8, 4) is 0 Å². The van der Waals surface area contributed by atoms with E-state index in [1.165, 1.54) is 25.8 Å². The minimum Gasteiger partial charge on any atom is -0.380 e. The average molecular weight is 228 g/mol. The molecule has 1 heterocycles. The summed E-state index contributed by atoms with van der Waals surface area (Å²) in [7, 11) is 1.80. The number of likely N-dealkylation sites (tertiary alicyclic amines) is 1. The van der Waals surface area contributed by atoms with E-state index in [1.54, 1.807) is 7.11 Å². The zero-order valence-corrected chi connectivity index (χ0v) is 11.3. The molecule has 0 saturated carbocycles. The number of hydrogen-bond acceptors (Lipinski definition) is 3. The maximum atomic E-state index is 5.38. The minimum atomic E-state index is 0.342. The molecule has 3 nitrogen and oxygen atoms in total. The van der Waals surface area contributed by atoms with Gasteiger partial charge < -0.3 is 10.1 Å². The number of rotatable bonds is 6. The number of nitrogens with one attached hydrogen (secondary N) is 1. The van der Waals surface area contributed by atoms with E-state index in [-0.39, 0.29) is 0 Å². The van der Waals surface area contributed by atoms with Crippen molar-refractivity contribution in [2.24, 2.45) is 0 Å². The summed E-state index contributed by atoms with van der Waals surface area (Å²) in [6, 6.07) is 1.28. The van der Waals surface area contributed by atoms with Crippen LogP contribution >= 0.6 is 0 Å². The quantitative estimate of drug-likeness (QED) is 0.751. The molecule has 1 saturated heterocycles. The lowest BCUT2D eigenvalue weighted by Crippen LogP contribution is -2.52. The van der Waals surface area contributed by atoms with Crippen molar-refractivity contribution >= 4 is 0 Å². The Balaban J connectivity index is 2.49. The van der Waals surface area contributed by atoms with Gasteiger partial charge in [0.25, 0.3) is 0 Å². The van der Waals surface area contributed by atoms with Crippen molar-refractivity contribution < 1.29 is 4.74 Å². The van der Waals surface area contributed by atoms with Crippen LogP contribution in [0.25, 0.3) is 0 Å². The zero-order valence-electron chi connectivity index (χ0n) is 11.3. The van der Waals surface area contributed by atoms with E-state index in [0.717, 1.165) is 13.1 Å². The van der Waals surface area contributed by atoms with Crippen LogP contribution in [0.1, 0.15) is 40.0 Å². The molecule has 1 aliphatic heterocycles. The fourth-order valence-electron chi connectivity index (χ4n) is 2.67. The molecule has 0 radical (unpaired) electrons. The van der Waals surface area contributed by atoms with Crippen LogP contribution in [0.15, 0.2) is 0 Å². The third kappa shape index (κ3) is 4.04. The van der Waals surface area contributed by atoms with E-state index >= 15 is 0 Å². The highest BCUT2D eigenvalue weighted by molar-refractivity contribution is 4.85. The van der Waals surface area contributed by atoms with Gasteiger partial charge in [0.15, 0.2) is 0 Å². The summed E-state index contributed by atoms with van der Waals surface area (Å²) >= 11 is 0. The highest BCUT2D eigenvalue weighted by Crippen LogP contribution is 2.20. The van der Waals surface area contributed by atoms with Crippen molar-refractivity contribution in [3.05, 3.63) is 0 Å². The van der Waals surface area contributed by atoms with Crippen molar-refractivity contribution in [1.29, 1.82) is 0 Å². The SMILES string of the molecule is CCNC(C)C1CCCCN1CC(C)OC. The molecule has 1 fully saturated rings. The molecular weight excluding hydrogens is 200 g/mol. The zero-order chi connectivity index (χ0) is 12.0. The second-order valence-electron chi connectivity index (χ2n) is 4.95. The molecule has 0 amide bonds. The van der Waals surface area contributed by atoms with Gasteiger partial charge in [-0.25, -0.2) is 0 Å². The number of nitrogens with zero attached hydrogens (tertiary/aromatic N) is 1. The predicted octanol–water partition coefficient (Wildman–Crippen LogP) is 1.87. The van der Waals surface area contributed by atoms with E-state index in [4.69, 9.17) is 4.74 Å². The third-order valence-corrected chi connectivity index (χ3v) is 3.66. The molecule has 1 rings (SSSR count). The standard InChI is InChI=1S/C13H28N2O/c1-5-14-12(3)13-8-6-7-9-15(13)10-11(2)16-4/h11-14H,5-10H2,1-4H3. The Kier molecular flexibility index (Phi) is 6.32. The fourth-order valence-corrected chi connectivity index (χ4v) is 2.67. The van der Waals surface area contributed by atoms with E-state index in [9.17, 15) is 0 Å². The molecule has 96 valence electrons. The molecule has 3 atom stereocenters. The van der Waals surface area contributed by atoms with Crippen molar-refractivity contribution in [1.82, 2.24) is 10.2 Å². The maximum Gasteiger partial charge on any atom is 0.0670 e. The maximum absolute atomic E-state index is 5.38. The second kappa shape index (κ2) is 7.25. The van der Waals surface area contributed by atoms with Gasteiger partial charge in [0.1, 0.15) is 0 Å². The summed E-state index contributed by atoms with van der Waals surface area (Å²) in [5, 5.41) is 3.55. The number of piperidine rings is 1. The number of ether oxygens (including phenoxy) is 1. The van der Waals surface area contributed by atoms with Gasteiger partial charge in [-0.2, -0.15) is 0 Å². The fraction of sp³-hybridized carbons (Fsp3) is 1.00. The third-order valence-electron chi connectivity index (χ3n) is 3.66. The van der Waals surface area contributed by atoms with Crippen LogP contribution in [-0.2, 0) is 4.74 Å². The van der Waals surface area contributed by atoms with E-state index in [2.05, 4.69) is 31.0 Å². The van der Waals surface area contributed by atoms with Crippen LogP contribution < -0.4 is 5.32 Å². The Morgan fingerprint density at radius 3 is 2.75 bits per heavy atom. The summed E-state index contributed by atoms with van der Waals surface area (Å²) in [4.78, 5) is 2.60. The first-order chi connectivity index (χ1) is 7.69. The number of methoxy groups -OCH3 is 1. The predicted molar refractivity (Wildman–Crippen MR) is 68.8 cm³/mol. The van der Waals surface area contributed by atoms with E-state index in [1.807, 2.05) is 0 Å². The molecular formula is C13H28N2O.